The fourth-order valence-electron chi connectivity index (χ4n) is 1.42. The van der Waals surface area contributed by atoms with Crippen molar-refractivity contribution in [1.82, 2.24) is 4.98 Å². The van der Waals surface area contributed by atoms with E-state index in [0.29, 0.717) is 0 Å². The van der Waals surface area contributed by atoms with Crippen LogP contribution in [-0.2, 0) is 22.1 Å². The van der Waals surface area contributed by atoms with Crippen LogP contribution in [0.5, 0.6) is 0 Å². The Morgan fingerprint density at radius 2 is 2.00 bits per heavy atom. The number of nitrogens with zero attached hydrogens (tertiary/aromatic N) is 1. The molecule has 1 heterocycles. The Morgan fingerprint density at radius 3 is 2.42 bits per heavy atom. The smallest absolute Gasteiger partial charge is 0.421 e. The van der Waals surface area contributed by atoms with Gasteiger partial charge in [0.05, 0.1) is 13.5 Å². The van der Waals surface area contributed by atoms with Crippen molar-refractivity contribution in [1.29, 1.82) is 0 Å². The lowest BCUT2D eigenvalue weighted by Crippen LogP contribution is -2.19. The normalized spacial score (nSPS) is 11.8. The summed E-state index contributed by atoms with van der Waals surface area (Å²) < 4.78 is 80.3. The molecule has 19 heavy (non-hydrogen) atoms. The topological polar surface area (TPSA) is 39.2 Å². The van der Waals surface area contributed by atoms with Crippen molar-refractivity contribution in [3.63, 3.8) is 0 Å². The van der Waals surface area contributed by atoms with Gasteiger partial charge >= 0.3 is 12.1 Å². The summed E-state index contributed by atoms with van der Waals surface area (Å²) >= 11 is 0. The highest BCUT2D eigenvalue weighted by atomic mass is 19.4. The second-order valence-corrected chi connectivity index (χ2v) is 3.41. The first-order valence-corrected chi connectivity index (χ1v) is 4.78. The number of carbonyl (C=O) groups excluding carboxylic acids is 1. The van der Waals surface area contributed by atoms with Crippen LogP contribution in [0, 0.1) is 5.95 Å². The first kappa shape index (κ1) is 15.3. The fraction of sp³-hybridized carbons (Fsp3) is 0.400. The first-order chi connectivity index (χ1) is 8.68. The number of hydrogen-bond acceptors (Lipinski definition) is 3. The SMILES string of the molecule is COC(=O)Cc1c(C(F)F)cnc(F)c1C(F)(F)F. The molecule has 106 valence electrons. The van der Waals surface area contributed by atoms with Crippen molar-refractivity contribution < 1.29 is 35.9 Å². The molecule has 0 N–H and O–H groups in total. The molecular weight excluding hydrogens is 280 g/mol. The van der Waals surface area contributed by atoms with Gasteiger partial charge in [0.2, 0.25) is 5.95 Å². The number of alkyl halides is 5. The standard InChI is InChI=1S/C10H7F6NO2/c1-19-6(18)2-4-5(8(11)12)3-17-9(13)7(4)10(14,15)16/h3,8H,2H2,1H3. The minimum atomic E-state index is -5.24. The highest BCUT2D eigenvalue weighted by molar-refractivity contribution is 5.73. The Kier molecular flexibility index (Phi) is 4.38. The molecule has 1 aromatic rings. The number of methoxy groups -OCH3 is 1. The highest BCUT2D eigenvalue weighted by Gasteiger charge is 2.40. The third-order valence-corrected chi connectivity index (χ3v) is 2.24. The summed E-state index contributed by atoms with van der Waals surface area (Å²) in [5.41, 5.74) is -4.29. The number of halogens is 6. The summed E-state index contributed by atoms with van der Waals surface area (Å²) in [4.78, 5) is 13.6. The van der Waals surface area contributed by atoms with Crippen LogP contribution >= 0.6 is 0 Å². The molecule has 0 amide bonds. The minimum Gasteiger partial charge on any atom is -0.469 e. The van der Waals surface area contributed by atoms with Crippen molar-refractivity contribution in [2.45, 2.75) is 19.0 Å². The van der Waals surface area contributed by atoms with Crippen molar-refractivity contribution in [2.24, 2.45) is 0 Å². The quantitative estimate of drug-likeness (QED) is 0.487. The summed E-state index contributed by atoms with van der Waals surface area (Å²) in [6.45, 7) is 0. The van der Waals surface area contributed by atoms with Gasteiger partial charge in [0.25, 0.3) is 6.43 Å². The molecule has 0 saturated carbocycles. The van der Waals surface area contributed by atoms with Crippen molar-refractivity contribution >= 4 is 5.97 Å². The van der Waals surface area contributed by atoms with Gasteiger partial charge in [0.1, 0.15) is 5.56 Å². The van der Waals surface area contributed by atoms with E-state index in [1.54, 1.807) is 0 Å². The molecule has 0 bridgehead atoms. The summed E-state index contributed by atoms with van der Waals surface area (Å²) in [5, 5.41) is 0. The Morgan fingerprint density at radius 1 is 1.42 bits per heavy atom. The number of hydrogen-bond donors (Lipinski definition) is 0. The van der Waals surface area contributed by atoms with E-state index in [1.807, 2.05) is 0 Å². The summed E-state index contributed by atoms with van der Waals surface area (Å²) in [5.74, 6) is -3.16. The Labute approximate surface area is 103 Å². The van der Waals surface area contributed by atoms with Crippen LogP contribution in [0.2, 0.25) is 0 Å². The van der Waals surface area contributed by atoms with Crippen LogP contribution in [0.3, 0.4) is 0 Å². The minimum absolute atomic E-state index is 0.271. The lowest BCUT2D eigenvalue weighted by atomic mass is 10.0. The van der Waals surface area contributed by atoms with Crippen LogP contribution in [-0.4, -0.2) is 18.1 Å². The molecule has 0 saturated heterocycles. The maximum absolute atomic E-state index is 13.1. The van der Waals surface area contributed by atoms with E-state index >= 15 is 0 Å². The number of esters is 1. The van der Waals surface area contributed by atoms with Crippen molar-refractivity contribution in [3.8, 4) is 0 Å². The van der Waals surface area contributed by atoms with Gasteiger partial charge in [0, 0.05) is 11.8 Å². The number of rotatable bonds is 3. The van der Waals surface area contributed by atoms with Gasteiger partial charge in [-0.3, -0.25) is 4.79 Å². The number of carbonyl (C=O) groups is 1. The monoisotopic (exact) mass is 287 g/mol. The highest BCUT2D eigenvalue weighted by Crippen LogP contribution is 2.37. The van der Waals surface area contributed by atoms with E-state index in [0.717, 1.165) is 7.11 Å². The molecule has 0 spiro atoms. The molecule has 0 aliphatic rings. The average Bonchev–Trinajstić information content (AvgIpc) is 2.26. The lowest BCUT2D eigenvalue weighted by Gasteiger charge is -2.15. The first-order valence-electron chi connectivity index (χ1n) is 4.78. The summed E-state index contributed by atoms with van der Waals surface area (Å²) in [7, 11) is 0.870. The maximum Gasteiger partial charge on any atom is 0.421 e. The summed E-state index contributed by atoms with van der Waals surface area (Å²) in [6, 6.07) is 0. The van der Waals surface area contributed by atoms with Crippen LogP contribution < -0.4 is 0 Å². The number of pyridine rings is 1. The molecule has 0 aliphatic carbocycles. The zero-order chi connectivity index (χ0) is 14.8. The molecule has 0 atom stereocenters. The van der Waals surface area contributed by atoms with Gasteiger partial charge in [-0.25, -0.2) is 13.8 Å². The molecule has 0 aromatic carbocycles. The zero-order valence-corrected chi connectivity index (χ0v) is 9.39. The van der Waals surface area contributed by atoms with Gasteiger partial charge in [-0.1, -0.05) is 0 Å². The van der Waals surface area contributed by atoms with E-state index in [9.17, 15) is 31.1 Å². The van der Waals surface area contributed by atoms with Crippen LogP contribution in [0.15, 0.2) is 6.20 Å². The Balaban J connectivity index is 3.50. The molecular formula is C10H7F6NO2. The van der Waals surface area contributed by atoms with Gasteiger partial charge in [-0.05, 0) is 5.56 Å². The van der Waals surface area contributed by atoms with E-state index in [4.69, 9.17) is 0 Å². The van der Waals surface area contributed by atoms with Crippen LogP contribution in [0.25, 0.3) is 0 Å². The predicted octanol–water partition coefficient (Wildman–Crippen LogP) is 2.89. The zero-order valence-electron chi connectivity index (χ0n) is 9.39. The lowest BCUT2D eigenvalue weighted by molar-refractivity contribution is -0.143. The number of aromatic nitrogens is 1. The van der Waals surface area contributed by atoms with Gasteiger partial charge in [-0.15, -0.1) is 0 Å². The van der Waals surface area contributed by atoms with Crippen molar-refractivity contribution in [2.75, 3.05) is 7.11 Å². The van der Waals surface area contributed by atoms with E-state index in [-0.39, 0.29) is 6.20 Å². The largest absolute Gasteiger partial charge is 0.469 e. The predicted molar refractivity (Wildman–Crippen MR) is 49.9 cm³/mol. The second-order valence-electron chi connectivity index (χ2n) is 3.41. The van der Waals surface area contributed by atoms with E-state index in [1.165, 1.54) is 0 Å². The molecule has 0 fully saturated rings. The third kappa shape index (κ3) is 3.36. The molecule has 0 aliphatic heterocycles. The van der Waals surface area contributed by atoms with Gasteiger partial charge in [-0.2, -0.15) is 17.6 Å². The van der Waals surface area contributed by atoms with Crippen molar-refractivity contribution in [3.05, 3.63) is 28.8 Å². The molecule has 3 nitrogen and oxygen atoms in total. The molecule has 0 radical (unpaired) electrons. The number of ether oxygens (including phenoxy) is 1. The van der Waals surface area contributed by atoms with Crippen LogP contribution in [0.1, 0.15) is 23.1 Å². The summed E-state index contributed by atoms with van der Waals surface area (Å²) in [6.07, 6.45) is -9.42. The van der Waals surface area contributed by atoms with Crippen LogP contribution in [0.4, 0.5) is 26.3 Å². The second kappa shape index (κ2) is 5.45. The molecule has 0 unspecified atom stereocenters. The molecule has 1 aromatic heterocycles. The van der Waals surface area contributed by atoms with E-state index in [2.05, 4.69) is 9.72 Å². The third-order valence-electron chi connectivity index (χ3n) is 2.24. The average molecular weight is 287 g/mol. The fourth-order valence-corrected chi connectivity index (χ4v) is 1.42. The molecule has 9 heteroatoms. The van der Waals surface area contributed by atoms with Gasteiger partial charge in [0.15, 0.2) is 0 Å². The Bertz CT molecular complexity index is 486. The Hall–Kier alpha value is -1.80. The van der Waals surface area contributed by atoms with Gasteiger partial charge < -0.3 is 4.74 Å². The van der Waals surface area contributed by atoms with E-state index < -0.39 is 47.6 Å². The molecule has 1 rings (SSSR count). The maximum atomic E-state index is 13.1.